The second-order valence-corrected chi connectivity index (χ2v) is 8.74. The molecule has 3 aromatic carbocycles. The Balaban J connectivity index is 1.86. The molecule has 0 fully saturated rings. The molecule has 0 atom stereocenters. The van der Waals surface area contributed by atoms with E-state index in [1.807, 2.05) is 26.0 Å². The number of carbonyl (C=O) groups is 1. The lowest BCUT2D eigenvalue weighted by atomic mass is 10.1. The number of anilines is 2. The number of methoxy groups -OCH3 is 1. The smallest absolute Gasteiger partial charge is 0.262 e. The second-order valence-electron chi connectivity index (χ2n) is 7.09. The van der Waals surface area contributed by atoms with Crippen LogP contribution in [0.1, 0.15) is 27.0 Å². The summed E-state index contributed by atoms with van der Waals surface area (Å²) < 4.78 is 33.7. The van der Waals surface area contributed by atoms with E-state index < -0.39 is 15.9 Å². The summed E-state index contributed by atoms with van der Waals surface area (Å²) in [7, 11) is -2.30. The lowest BCUT2D eigenvalue weighted by Gasteiger charge is -2.14. The molecule has 0 saturated heterocycles. The molecular weight excluding hydrogens is 400 g/mol. The number of ether oxygens (including phenoxy) is 1. The van der Waals surface area contributed by atoms with Gasteiger partial charge in [-0.15, -0.1) is 0 Å². The molecule has 0 bridgehead atoms. The molecule has 0 aromatic heterocycles. The van der Waals surface area contributed by atoms with E-state index in [1.165, 1.54) is 6.07 Å². The highest BCUT2D eigenvalue weighted by Gasteiger charge is 2.20. The number of benzene rings is 3. The Labute approximate surface area is 177 Å². The van der Waals surface area contributed by atoms with Crippen LogP contribution in [0.4, 0.5) is 11.4 Å². The fourth-order valence-corrected chi connectivity index (χ4v) is 4.44. The maximum Gasteiger partial charge on any atom is 0.262 e. The van der Waals surface area contributed by atoms with E-state index in [1.54, 1.807) is 56.5 Å². The summed E-state index contributed by atoms with van der Waals surface area (Å²) in [5.74, 6) is 0.275. The van der Waals surface area contributed by atoms with Gasteiger partial charge in [-0.1, -0.05) is 23.8 Å². The molecule has 1 amide bonds. The standard InChI is InChI=1S/C23H24N2O4S/c1-15-5-12-21(17(3)13-15)25-30(27,28)22-14-18(7-6-16(22)2)23(26)24-19-8-10-20(29-4)11-9-19/h5-14,25H,1-4H3,(H,24,26). The van der Waals surface area contributed by atoms with Crippen LogP contribution in [0.2, 0.25) is 0 Å². The van der Waals surface area contributed by atoms with Gasteiger partial charge in [0.05, 0.1) is 17.7 Å². The number of amides is 1. The van der Waals surface area contributed by atoms with Crippen LogP contribution in [0, 0.1) is 20.8 Å². The van der Waals surface area contributed by atoms with Crippen LogP contribution in [0.5, 0.6) is 5.75 Å². The highest BCUT2D eigenvalue weighted by atomic mass is 32.2. The number of hydrogen-bond acceptors (Lipinski definition) is 4. The quantitative estimate of drug-likeness (QED) is 0.602. The summed E-state index contributed by atoms with van der Waals surface area (Å²) >= 11 is 0. The number of rotatable bonds is 6. The first-order chi connectivity index (χ1) is 14.2. The maximum atomic E-state index is 13.0. The predicted molar refractivity (Wildman–Crippen MR) is 119 cm³/mol. The average molecular weight is 425 g/mol. The lowest BCUT2D eigenvalue weighted by molar-refractivity contribution is 0.102. The van der Waals surface area contributed by atoms with Gasteiger partial charge in [0.2, 0.25) is 0 Å². The Morgan fingerprint density at radius 3 is 2.20 bits per heavy atom. The topological polar surface area (TPSA) is 84.5 Å². The number of aryl methyl sites for hydroxylation is 3. The normalized spacial score (nSPS) is 11.1. The zero-order valence-corrected chi connectivity index (χ0v) is 18.1. The van der Waals surface area contributed by atoms with Gasteiger partial charge in [-0.3, -0.25) is 9.52 Å². The summed E-state index contributed by atoms with van der Waals surface area (Å²) in [6.45, 7) is 5.48. The summed E-state index contributed by atoms with van der Waals surface area (Å²) in [6.07, 6.45) is 0. The summed E-state index contributed by atoms with van der Waals surface area (Å²) in [5, 5.41) is 2.76. The van der Waals surface area contributed by atoms with Gasteiger partial charge in [-0.2, -0.15) is 0 Å². The van der Waals surface area contributed by atoms with Gasteiger partial charge >= 0.3 is 0 Å². The van der Waals surface area contributed by atoms with E-state index in [0.717, 1.165) is 11.1 Å². The fourth-order valence-electron chi connectivity index (χ4n) is 3.04. The van der Waals surface area contributed by atoms with Crippen molar-refractivity contribution in [1.29, 1.82) is 0 Å². The Morgan fingerprint density at radius 2 is 1.57 bits per heavy atom. The third kappa shape index (κ3) is 4.80. The molecule has 0 spiro atoms. The van der Waals surface area contributed by atoms with Gasteiger partial charge in [0.25, 0.3) is 15.9 Å². The van der Waals surface area contributed by atoms with Gasteiger partial charge in [-0.05, 0) is 74.4 Å². The molecule has 0 aliphatic rings. The van der Waals surface area contributed by atoms with Crippen LogP contribution in [0.15, 0.2) is 65.6 Å². The fraction of sp³-hybridized carbons (Fsp3) is 0.174. The van der Waals surface area contributed by atoms with Crippen molar-refractivity contribution in [2.45, 2.75) is 25.7 Å². The molecule has 3 aromatic rings. The molecule has 0 radical (unpaired) electrons. The number of hydrogen-bond donors (Lipinski definition) is 2. The first-order valence-corrected chi connectivity index (χ1v) is 10.8. The molecule has 0 aliphatic heterocycles. The SMILES string of the molecule is COc1ccc(NC(=O)c2ccc(C)c(S(=O)(=O)Nc3ccc(C)cc3C)c2)cc1. The first-order valence-electron chi connectivity index (χ1n) is 9.36. The van der Waals surface area contributed by atoms with Crippen LogP contribution in [-0.2, 0) is 10.0 Å². The van der Waals surface area contributed by atoms with Crippen molar-refractivity contribution in [3.8, 4) is 5.75 Å². The zero-order chi connectivity index (χ0) is 21.9. The van der Waals surface area contributed by atoms with Gasteiger partial charge < -0.3 is 10.1 Å². The molecular formula is C23H24N2O4S. The highest BCUT2D eigenvalue weighted by Crippen LogP contribution is 2.24. The minimum absolute atomic E-state index is 0.0601. The van der Waals surface area contributed by atoms with E-state index >= 15 is 0 Å². The minimum Gasteiger partial charge on any atom is -0.497 e. The van der Waals surface area contributed by atoms with Crippen LogP contribution in [-0.4, -0.2) is 21.4 Å². The summed E-state index contributed by atoms with van der Waals surface area (Å²) in [4.78, 5) is 12.7. The number of nitrogens with one attached hydrogen (secondary N) is 2. The van der Waals surface area contributed by atoms with Crippen LogP contribution < -0.4 is 14.8 Å². The van der Waals surface area contributed by atoms with Gasteiger partial charge in [0.1, 0.15) is 5.75 Å². The Morgan fingerprint density at radius 1 is 0.867 bits per heavy atom. The third-order valence-electron chi connectivity index (χ3n) is 4.71. The van der Waals surface area contributed by atoms with E-state index in [0.29, 0.717) is 22.7 Å². The zero-order valence-electron chi connectivity index (χ0n) is 17.3. The predicted octanol–water partition coefficient (Wildman–Crippen LogP) is 4.67. The van der Waals surface area contributed by atoms with E-state index in [-0.39, 0.29) is 10.5 Å². The second kappa shape index (κ2) is 8.59. The van der Waals surface area contributed by atoms with Crippen molar-refractivity contribution in [2.24, 2.45) is 0 Å². The largest absolute Gasteiger partial charge is 0.497 e. The maximum absolute atomic E-state index is 13.0. The van der Waals surface area contributed by atoms with Crippen molar-refractivity contribution in [1.82, 2.24) is 0 Å². The van der Waals surface area contributed by atoms with Crippen molar-refractivity contribution in [3.05, 3.63) is 82.9 Å². The third-order valence-corrected chi connectivity index (χ3v) is 6.22. The monoisotopic (exact) mass is 424 g/mol. The molecule has 2 N–H and O–H groups in total. The van der Waals surface area contributed by atoms with Crippen LogP contribution in [0.3, 0.4) is 0 Å². The molecule has 6 nitrogen and oxygen atoms in total. The molecule has 0 aliphatic carbocycles. The molecule has 0 heterocycles. The van der Waals surface area contributed by atoms with Gasteiger partial charge in [0, 0.05) is 11.3 Å². The van der Waals surface area contributed by atoms with Crippen molar-refractivity contribution < 1.29 is 17.9 Å². The van der Waals surface area contributed by atoms with Gasteiger partial charge in [-0.25, -0.2) is 8.42 Å². The van der Waals surface area contributed by atoms with E-state index in [4.69, 9.17) is 4.74 Å². The Hall–Kier alpha value is -3.32. The molecule has 0 unspecified atom stereocenters. The molecule has 3 rings (SSSR count). The number of carbonyl (C=O) groups excluding carboxylic acids is 1. The molecule has 30 heavy (non-hydrogen) atoms. The van der Waals surface area contributed by atoms with E-state index in [9.17, 15) is 13.2 Å². The van der Waals surface area contributed by atoms with Crippen LogP contribution >= 0.6 is 0 Å². The lowest BCUT2D eigenvalue weighted by Crippen LogP contribution is -2.17. The summed E-state index contributed by atoms with van der Waals surface area (Å²) in [5.41, 5.74) is 3.76. The van der Waals surface area contributed by atoms with Crippen molar-refractivity contribution in [3.63, 3.8) is 0 Å². The van der Waals surface area contributed by atoms with Gasteiger partial charge in [0.15, 0.2) is 0 Å². The van der Waals surface area contributed by atoms with Crippen molar-refractivity contribution >= 4 is 27.3 Å². The molecule has 7 heteroatoms. The summed E-state index contributed by atoms with van der Waals surface area (Å²) in [6, 6.07) is 17.0. The Kier molecular flexibility index (Phi) is 6.12. The van der Waals surface area contributed by atoms with Crippen LogP contribution in [0.25, 0.3) is 0 Å². The van der Waals surface area contributed by atoms with E-state index in [2.05, 4.69) is 10.0 Å². The van der Waals surface area contributed by atoms with Crippen molar-refractivity contribution in [2.75, 3.05) is 17.1 Å². The molecule has 0 saturated carbocycles. The highest BCUT2D eigenvalue weighted by molar-refractivity contribution is 7.92. The Bertz CT molecular complexity index is 1190. The number of sulfonamides is 1. The first kappa shape index (κ1) is 21.4. The average Bonchev–Trinajstić information content (AvgIpc) is 2.71. The molecule has 156 valence electrons. The minimum atomic E-state index is -3.86.